The number of tetrazole rings is 1. The third-order valence-corrected chi connectivity index (χ3v) is 6.36. The molecular formula is C17H16N6O3S2. The van der Waals surface area contributed by atoms with Crippen LogP contribution in [0.15, 0.2) is 38.1 Å². The Morgan fingerprint density at radius 2 is 2.39 bits per heavy atom. The Hall–Kier alpha value is -2.50. The van der Waals surface area contributed by atoms with Crippen molar-refractivity contribution in [3.63, 3.8) is 0 Å². The van der Waals surface area contributed by atoms with Gasteiger partial charge in [0.05, 0.1) is 30.1 Å². The summed E-state index contributed by atoms with van der Waals surface area (Å²) in [6.45, 7) is 1.43. The lowest BCUT2D eigenvalue weighted by Crippen LogP contribution is -2.17. The van der Waals surface area contributed by atoms with E-state index < -0.39 is 0 Å². The van der Waals surface area contributed by atoms with Gasteiger partial charge in [-0.3, -0.25) is 4.79 Å². The van der Waals surface area contributed by atoms with Crippen LogP contribution in [0.25, 0.3) is 21.5 Å². The minimum absolute atomic E-state index is 0.156. The van der Waals surface area contributed by atoms with Crippen LogP contribution in [0.1, 0.15) is 18.7 Å². The Kier molecular flexibility index (Phi) is 4.71. The normalized spacial score (nSPS) is 16.9. The van der Waals surface area contributed by atoms with Crippen LogP contribution in [0, 0.1) is 0 Å². The van der Waals surface area contributed by atoms with Crippen molar-refractivity contribution >= 4 is 33.3 Å². The average Bonchev–Trinajstić information content (AvgIpc) is 3.47. The highest BCUT2D eigenvalue weighted by Gasteiger charge is 2.19. The molecule has 5 rings (SSSR count). The number of nitrogens with one attached hydrogen (secondary N) is 1. The molecule has 1 atom stereocenters. The van der Waals surface area contributed by atoms with Crippen molar-refractivity contribution in [3.05, 3.63) is 40.0 Å². The number of ether oxygens (including phenoxy) is 1. The Bertz CT molecular complexity index is 1140. The second-order valence-electron chi connectivity index (χ2n) is 6.39. The second kappa shape index (κ2) is 7.49. The lowest BCUT2D eigenvalue weighted by atomic mass is 10.2. The van der Waals surface area contributed by atoms with Crippen LogP contribution in [-0.2, 0) is 17.0 Å². The number of nitrogens with zero attached hydrogens (tertiary/aromatic N) is 5. The molecule has 0 spiro atoms. The third kappa shape index (κ3) is 3.36. The topological polar surface area (TPSA) is 112 Å². The van der Waals surface area contributed by atoms with Gasteiger partial charge in [-0.1, -0.05) is 11.8 Å². The molecule has 0 radical (unpaired) electrons. The fourth-order valence-corrected chi connectivity index (χ4v) is 4.91. The van der Waals surface area contributed by atoms with Gasteiger partial charge in [0.2, 0.25) is 5.16 Å². The van der Waals surface area contributed by atoms with Crippen LogP contribution < -0.4 is 5.56 Å². The van der Waals surface area contributed by atoms with E-state index in [2.05, 4.69) is 25.5 Å². The van der Waals surface area contributed by atoms with Gasteiger partial charge in [0.1, 0.15) is 16.4 Å². The van der Waals surface area contributed by atoms with Crippen molar-refractivity contribution in [2.45, 2.75) is 36.4 Å². The maximum absolute atomic E-state index is 12.6. The first-order valence-electron chi connectivity index (χ1n) is 8.83. The van der Waals surface area contributed by atoms with Crippen molar-refractivity contribution in [3.8, 4) is 11.3 Å². The molecule has 1 unspecified atom stereocenters. The van der Waals surface area contributed by atoms with Gasteiger partial charge in [-0.25, -0.2) is 9.67 Å². The first kappa shape index (κ1) is 17.6. The zero-order valence-electron chi connectivity index (χ0n) is 14.7. The number of furan rings is 1. The highest BCUT2D eigenvalue weighted by atomic mass is 32.2. The van der Waals surface area contributed by atoms with Crippen LogP contribution in [0.3, 0.4) is 0 Å². The van der Waals surface area contributed by atoms with E-state index in [1.807, 2.05) is 11.4 Å². The standard InChI is InChI=1S/C17H16N6O3S2/c24-15-14-11(12-4-2-6-26-12)8-27-16(14)19-13(18-15)9-28-17-20-21-22-23(17)7-10-3-1-5-25-10/h2,4,6,8,10H,1,3,5,7,9H2,(H,18,19,24). The van der Waals surface area contributed by atoms with Gasteiger partial charge in [0.15, 0.2) is 0 Å². The highest BCUT2D eigenvalue weighted by Crippen LogP contribution is 2.31. The van der Waals surface area contributed by atoms with Gasteiger partial charge >= 0.3 is 0 Å². The molecule has 1 aliphatic rings. The lowest BCUT2D eigenvalue weighted by molar-refractivity contribution is 0.0912. The van der Waals surface area contributed by atoms with Gasteiger partial charge in [-0.15, -0.1) is 16.4 Å². The van der Waals surface area contributed by atoms with Gasteiger partial charge in [0.25, 0.3) is 5.56 Å². The molecule has 5 heterocycles. The Morgan fingerprint density at radius 1 is 1.43 bits per heavy atom. The molecule has 28 heavy (non-hydrogen) atoms. The summed E-state index contributed by atoms with van der Waals surface area (Å²) in [6, 6.07) is 3.63. The molecule has 11 heteroatoms. The second-order valence-corrected chi connectivity index (χ2v) is 8.19. The lowest BCUT2D eigenvalue weighted by Gasteiger charge is -2.09. The van der Waals surface area contributed by atoms with Crippen LogP contribution in [0.2, 0.25) is 0 Å². The maximum Gasteiger partial charge on any atom is 0.260 e. The summed E-state index contributed by atoms with van der Waals surface area (Å²) in [5.74, 6) is 1.71. The molecule has 0 aliphatic carbocycles. The van der Waals surface area contributed by atoms with Crippen molar-refractivity contribution in [2.75, 3.05) is 6.61 Å². The van der Waals surface area contributed by atoms with Crippen molar-refractivity contribution in [1.82, 2.24) is 30.2 Å². The zero-order valence-corrected chi connectivity index (χ0v) is 16.3. The molecule has 0 aromatic carbocycles. The summed E-state index contributed by atoms with van der Waals surface area (Å²) in [6.07, 6.45) is 3.84. The smallest absolute Gasteiger partial charge is 0.260 e. The molecule has 1 fully saturated rings. The van der Waals surface area contributed by atoms with Crippen molar-refractivity contribution in [2.24, 2.45) is 0 Å². The highest BCUT2D eigenvalue weighted by molar-refractivity contribution is 7.98. The average molecular weight is 416 g/mol. The van der Waals surface area contributed by atoms with Crippen LogP contribution in [0.5, 0.6) is 0 Å². The van der Waals surface area contributed by atoms with E-state index >= 15 is 0 Å². The van der Waals surface area contributed by atoms with Crippen LogP contribution in [0.4, 0.5) is 0 Å². The van der Waals surface area contributed by atoms with E-state index in [0.29, 0.717) is 39.3 Å². The summed E-state index contributed by atoms with van der Waals surface area (Å²) < 4.78 is 12.8. The molecule has 0 saturated carbocycles. The fraction of sp³-hybridized carbons (Fsp3) is 0.353. The number of hydrogen-bond donors (Lipinski definition) is 1. The Balaban J connectivity index is 1.35. The monoisotopic (exact) mass is 416 g/mol. The molecule has 4 aromatic heterocycles. The minimum atomic E-state index is -0.174. The number of H-pyrrole nitrogens is 1. The molecule has 0 amide bonds. The SMILES string of the molecule is O=c1[nH]c(CSc2nnnn2CC2CCCO2)nc2scc(-c3ccco3)c12. The van der Waals surface area contributed by atoms with Gasteiger partial charge in [0, 0.05) is 17.6 Å². The summed E-state index contributed by atoms with van der Waals surface area (Å²) in [5, 5.41) is 15.0. The van der Waals surface area contributed by atoms with Gasteiger partial charge in [-0.05, 0) is 35.4 Å². The fourth-order valence-electron chi connectivity index (χ4n) is 3.20. The largest absolute Gasteiger partial charge is 0.464 e. The number of thioether (sulfide) groups is 1. The van der Waals surface area contributed by atoms with Crippen molar-refractivity contribution in [1.29, 1.82) is 0 Å². The van der Waals surface area contributed by atoms with E-state index in [0.717, 1.165) is 25.0 Å². The molecule has 4 aromatic rings. The number of fused-ring (bicyclic) bond motifs is 1. The quantitative estimate of drug-likeness (QED) is 0.478. The summed E-state index contributed by atoms with van der Waals surface area (Å²) in [5.41, 5.74) is 0.589. The molecule has 1 saturated heterocycles. The van der Waals surface area contributed by atoms with Crippen LogP contribution >= 0.6 is 23.1 Å². The number of hydrogen-bond acceptors (Lipinski definition) is 9. The number of aromatic nitrogens is 6. The zero-order chi connectivity index (χ0) is 18.9. The number of rotatable bonds is 6. The predicted octanol–water partition coefficient (Wildman–Crippen LogP) is 2.70. The van der Waals surface area contributed by atoms with E-state index in [1.165, 1.54) is 23.1 Å². The van der Waals surface area contributed by atoms with E-state index in [-0.39, 0.29) is 11.7 Å². The first-order chi connectivity index (χ1) is 13.8. The van der Waals surface area contributed by atoms with E-state index in [9.17, 15) is 4.79 Å². The summed E-state index contributed by atoms with van der Waals surface area (Å²) in [7, 11) is 0. The van der Waals surface area contributed by atoms with Gasteiger partial charge in [-0.2, -0.15) is 0 Å². The van der Waals surface area contributed by atoms with E-state index in [1.54, 1.807) is 17.0 Å². The predicted molar refractivity (Wildman–Crippen MR) is 104 cm³/mol. The van der Waals surface area contributed by atoms with E-state index in [4.69, 9.17) is 9.15 Å². The summed E-state index contributed by atoms with van der Waals surface area (Å²) in [4.78, 5) is 20.8. The number of aromatic amines is 1. The molecule has 9 nitrogen and oxygen atoms in total. The van der Waals surface area contributed by atoms with Crippen LogP contribution in [-0.4, -0.2) is 42.9 Å². The van der Waals surface area contributed by atoms with Gasteiger partial charge < -0.3 is 14.1 Å². The summed E-state index contributed by atoms with van der Waals surface area (Å²) >= 11 is 2.86. The molecule has 144 valence electrons. The molecule has 1 aliphatic heterocycles. The Labute approximate surface area is 167 Å². The first-order valence-corrected chi connectivity index (χ1v) is 10.7. The molecule has 1 N–H and O–H groups in total. The van der Waals surface area contributed by atoms with Crippen molar-refractivity contribution < 1.29 is 9.15 Å². The molecule has 0 bridgehead atoms. The number of thiophene rings is 1. The maximum atomic E-state index is 12.6. The Morgan fingerprint density at radius 3 is 3.21 bits per heavy atom. The molecular weight excluding hydrogens is 400 g/mol. The third-order valence-electron chi connectivity index (χ3n) is 4.52. The minimum Gasteiger partial charge on any atom is -0.464 e.